The SMILES string of the molecule is CCOc1cc(C=Nn2c(-c3ccccc3)nc3ccccc3c2=O)c(Br)c(Cl)c1OCc1ccc([N+](=O)[O-])cc1. The molecule has 0 saturated carbocycles. The summed E-state index contributed by atoms with van der Waals surface area (Å²) in [6.07, 6.45) is 1.50. The third-order valence-electron chi connectivity index (χ3n) is 6.08. The minimum Gasteiger partial charge on any atom is -0.490 e. The molecule has 5 rings (SSSR count). The first-order valence-corrected chi connectivity index (χ1v) is 13.7. The van der Waals surface area contributed by atoms with Gasteiger partial charge in [-0.25, -0.2) is 4.98 Å². The molecule has 1 aromatic heterocycles. The maximum absolute atomic E-state index is 13.5. The van der Waals surface area contributed by atoms with Gasteiger partial charge in [0.15, 0.2) is 17.3 Å². The van der Waals surface area contributed by atoms with Gasteiger partial charge in [0.2, 0.25) is 0 Å². The molecule has 11 heteroatoms. The number of para-hydroxylation sites is 1. The van der Waals surface area contributed by atoms with Gasteiger partial charge in [-0.1, -0.05) is 54.1 Å². The second-order valence-corrected chi connectivity index (χ2v) is 9.92. The Labute approximate surface area is 247 Å². The van der Waals surface area contributed by atoms with E-state index in [-0.39, 0.29) is 22.9 Å². The summed E-state index contributed by atoms with van der Waals surface area (Å²) in [6, 6.07) is 24.2. The Morgan fingerprint density at radius 1 is 1.05 bits per heavy atom. The molecule has 0 aliphatic rings. The molecule has 0 unspecified atom stereocenters. The average molecular weight is 634 g/mol. The highest BCUT2D eigenvalue weighted by molar-refractivity contribution is 9.10. The molecule has 206 valence electrons. The van der Waals surface area contributed by atoms with Gasteiger partial charge < -0.3 is 9.47 Å². The van der Waals surface area contributed by atoms with E-state index in [1.165, 1.54) is 23.0 Å². The smallest absolute Gasteiger partial charge is 0.282 e. The molecule has 0 amide bonds. The van der Waals surface area contributed by atoms with Crippen LogP contribution in [0.3, 0.4) is 0 Å². The highest BCUT2D eigenvalue weighted by Gasteiger charge is 2.19. The fraction of sp³-hybridized carbons (Fsp3) is 0.100. The molecular formula is C30H22BrClN4O5. The monoisotopic (exact) mass is 632 g/mol. The zero-order valence-corrected chi connectivity index (χ0v) is 24.0. The first-order valence-electron chi connectivity index (χ1n) is 12.5. The Balaban J connectivity index is 1.53. The molecule has 0 aliphatic heterocycles. The topological polar surface area (TPSA) is 109 Å². The van der Waals surface area contributed by atoms with Gasteiger partial charge in [-0.3, -0.25) is 14.9 Å². The number of non-ortho nitro benzene ring substituents is 1. The van der Waals surface area contributed by atoms with Crippen molar-refractivity contribution in [2.75, 3.05) is 6.61 Å². The van der Waals surface area contributed by atoms with E-state index >= 15 is 0 Å². The number of nitro groups is 1. The van der Waals surface area contributed by atoms with Gasteiger partial charge in [0.25, 0.3) is 11.2 Å². The molecule has 0 spiro atoms. The molecule has 4 aromatic carbocycles. The van der Waals surface area contributed by atoms with Crippen molar-refractivity contribution in [2.24, 2.45) is 5.10 Å². The number of fused-ring (bicyclic) bond motifs is 1. The van der Waals surface area contributed by atoms with Crippen LogP contribution < -0.4 is 15.0 Å². The van der Waals surface area contributed by atoms with E-state index in [1.54, 1.807) is 36.4 Å². The van der Waals surface area contributed by atoms with Crippen molar-refractivity contribution >= 4 is 50.3 Å². The number of halogens is 2. The van der Waals surface area contributed by atoms with E-state index in [9.17, 15) is 14.9 Å². The molecule has 41 heavy (non-hydrogen) atoms. The fourth-order valence-corrected chi connectivity index (χ4v) is 4.74. The van der Waals surface area contributed by atoms with Crippen LogP contribution in [-0.2, 0) is 6.61 Å². The largest absolute Gasteiger partial charge is 0.490 e. The van der Waals surface area contributed by atoms with Gasteiger partial charge in [-0.05, 0) is 58.7 Å². The predicted molar refractivity (Wildman–Crippen MR) is 162 cm³/mol. The zero-order valence-electron chi connectivity index (χ0n) is 21.7. The molecule has 0 fully saturated rings. The first-order chi connectivity index (χ1) is 19.9. The minimum absolute atomic E-state index is 0.00989. The second kappa shape index (κ2) is 12.3. The van der Waals surface area contributed by atoms with Crippen LogP contribution in [0, 0.1) is 10.1 Å². The molecule has 0 bridgehead atoms. The summed E-state index contributed by atoms with van der Waals surface area (Å²) in [4.78, 5) is 28.7. The molecular weight excluding hydrogens is 612 g/mol. The Hall–Kier alpha value is -4.54. The fourth-order valence-electron chi connectivity index (χ4n) is 4.09. The van der Waals surface area contributed by atoms with E-state index in [1.807, 2.05) is 43.3 Å². The number of rotatable bonds is 9. The maximum Gasteiger partial charge on any atom is 0.282 e. The third kappa shape index (κ3) is 5.98. The summed E-state index contributed by atoms with van der Waals surface area (Å²) >= 11 is 10.2. The zero-order chi connectivity index (χ0) is 28.9. The molecule has 1 heterocycles. The predicted octanol–water partition coefficient (Wildman–Crippen LogP) is 7.25. The van der Waals surface area contributed by atoms with Crippen LogP contribution in [0.25, 0.3) is 22.3 Å². The number of hydrogen-bond acceptors (Lipinski definition) is 7. The van der Waals surface area contributed by atoms with E-state index in [2.05, 4.69) is 21.0 Å². The first kappa shape index (κ1) is 28.0. The summed E-state index contributed by atoms with van der Waals surface area (Å²) in [6.45, 7) is 2.28. The highest BCUT2D eigenvalue weighted by atomic mass is 79.9. The lowest BCUT2D eigenvalue weighted by Crippen LogP contribution is -2.20. The number of aromatic nitrogens is 2. The van der Waals surface area contributed by atoms with Crippen molar-refractivity contribution in [2.45, 2.75) is 13.5 Å². The maximum atomic E-state index is 13.5. The second-order valence-electron chi connectivity index (χ2n) is 8.75. The van der Waals surface area contributed by atoms with E-state index in [4.69, 9.17) is 26.1 Å². The lowest BCUT2D eigenvalue weighted by atomic mass is 10.2. The van der Waals surface area contributed by atoms with Crippen molar-refractivity contribution in [3.63, 3.8) is 0 Å². The van der Waals surface area contributed by atoms with Gasteiger partial charge in [-0.2, -0.15) is 9.78 Å². The van der Waals surface area contributed by atoms with Crippen molar-refractivity contribution in [1.82, 2.24) is 9.66 Å². The number of benzene rings is 4. The van der Waals surface area contributed by atoms with Crippen LogP contribution in [0.2, 0.25) is 5.02 Å². The summed E-state index contributed by atoms with van der Waals surface area (Å²) in [5.41, 5.74) is 2.23. The Bertz CT molecular complexity index is 1830. The van der Waals surface area contributed by atoms with E-state index in [0.717, 1.165) is 5.56 Å². The highest BCUT2D eigenvalue weighted by Crippen LogP contribution is 2.42. The van der Waals surface area contributed by atoms with Crippen molar-refractivity contribution in [3.8, 4) is 22.9 Å². The van der Waals surface area contributed by atoms with E-state index < -0.39 is 4.92 Å². The molecule has 9 nitrogen and oxygen atoms in total. The van der Waals surface area contributed by atoms with E-state index in [0.29, 0.717) is 50.4 Å². The molecule has 0 radical (unpaired) electrons. The van der Waals surface area contributed by atoms with Gasteiger partial charge >= 0.3 is 0 Å². The quantitative estimate of drug-likeness (QED) is 0.0961. The summed E-state index contributed by atoms with van der Waals surface area (Å²) in [5, 5.41) is 16.1. The normalized spacial score (nSPS) is 11.2. The number of nitrogens with zero attached hydrogens (tertiary/aromatic N) is 4. The van der Waals surface area contributed by atoms with Crippen LogP contribution >= 0.6 is 27.5 Å². The Kier molecular flexibility index (Phi) is 8.42. The van der Waals surface area contributed by atoms with Crippen LogP contribution in [0.5, 0.6) is 11.5 Å². The summed E-state index contributed by atoms with van der Waals surface area (Å²) in [7, 11) is 0. The average Bonchev–Trinajstić information content (AvgIpc) is 2.99. The van der Waals surface area contributed by atoms with Crippen molar-refractivity contribution in [3.05, 3.63) is 126 Å². The van der Waals surface area contributed by atoms with Crippen LogP contribution in [0.15, 0.2) is 99.3 Å². The van der Waals surface area contributed by atoms with Gasteiger partial charge in [0.05, 0.1) is 28.6 Å². The minimum atomic E-state index is -0.461. The van der Waals surface area contributed by atoms with Crippen LogP contribution in [0.1, 0.15) is 18.1 Å². The number of ether oxygens (including phenoxy) is 2. The van der Waals surface area contributed by atoms with Gasteiger partial charge in [0.1, 0.15) is 11.6 Å². The standard InChI is InChI=1S/C30H22BrClN4O5/c1-2-40-25-16-21(26(31)27(32)28(25)41-18-19-12-14-22(15-13-19)36(38)39)17-33-35-29(20-8-4-3-5-9-20)34-24-11-7-6-10-23(24)30(35)37/h3-17H,2,18H2,1H3. The molecule has 0 saturated heterocycles. The Morgan fingerprint density at radius 3 is 2.46 bits per heavy atom. The molecule has 0 atom stereocenters. The van der Waals surface area contributed by atoms with Crippen LogP contribution in [-0.4, -0.2) is 27.4 Å². The lowest BCUT2D eigenvalue weighted by molar-refractivity contribution is -0.384. The molecule has 5 aromatic rings. The number of nitro benzene ring substituents is 1. The Morgan fingerprint density at radius 2 is 1.76 bits per heavy atom. The summed E-state index contributed by atoms with van der Waals surface area (Å²) < 4.78 is 13.5. The van der Waals surface area contributed by atoms with Gasteiger partial charge in [0, 0.05) is 27.7 Å². The van der Waals surface area contributed by atoms with Crippen molar-refractivity contribution in [1.29, 1.82) is 0 Å². The van der Waals surface area contributed by atoms with Crippen LogP contribution in [0.4, 0.5) is 5.69 Å². The lowest BCUT2D eigenvalue weighted by Gasteiger charge is -2.16. The molecule has 0 N–H and O–H groups in total. The summed E-state index contributed by atoms with van der Waals surface area (Å²) in [5.74, 6) is 1.06. The number of hydrogen-bond donors (Lipinski definition) is 0. The molecule has 0 aliphatic carbocycles. The van der Waals surface area contributed by atoms with Gasteiger partial charge in [-0.15, -0.1) is 0 Å². The third-order valence-corrected chi connectivity index (χ3v) is 7.53. The van der Waals surface area contributed by atoms with Crippen molar-refractivity contribution < 1.29 is 14.4 Å².